The van der Waals surface area contributed by atoms with Crippen molar-refractivity contribution in [2.24, 2.45) is 0 Å². The molecular formula is C13H17Cl2NO3. The quantitative estimate of drug-likeness (QED) is 0.691. The van der Waals surface area contributed by atoms with Crippen molar-refractivity contribution in [2.75, 3.05) is 44.8 Å². The number of hydrogen-bond donors (Lipinski definition) is 0. The van der Waals surface area contributed by atoms with Crippen LogP contribution in [0.25, 0.3) is 0 Å². The van der Waals surface area contributed by atoms with E-state index in [1.165, 1.54) is 0 Å². The van der Waals surface area contributed by atoms with Crippen molar-refractivity contribution in [3.63, 3.8) is 0 Å². The van der Waals surface area contributed by atoms with Crippen LogP contribution in [0.3, 0.4) is 0 Å². The molecule has 0 fully saturated rings. The summed E-state index contributed by atoms with van der Waals surface area (Å²) in [6, 6.07) is 5.57. The molecule has 4 nitrogen and oxygen atoms in total. The predicted molar refractivity (Wildman–Crippen MR) is 75.9 cm³/mol. The average molecular weight is 306 g/mol. The molecule has 0 unspecified atom stereocenters. The molecule has 0 aliphatic carbocycles. The van der Waals surface area contributed by atoms with E-state index in [1.54, 1.807) is 0 Å². The zero-order chi connectivity index (χ0) is 13.5. The van der Waals surface area contributed by atoms with E-state index in [0.29, 0.717) is 18.4 Å². The fourth-order valence-corrected chi connectivity index (χ4v) is 2.31. The average Bonchev–Trinajstić information content (AvgIpc) is 2.86. The first kappa shape index (κ1) is 14.6. The molecule has 0 spiro atoms. The molecule has 1 aliphatic heterocycles. The SMILES string of the molecule is ClCCN(CCCl)CCOc1ccc2c(c1)OCO2. The van der Waals surface area contributed by atoms with E-state index >= 15 is 0 Å². The Morgan fingerprint density at radius 2 is 1.79 bits per heavy atom. The smallest absolute Gasteiger partial charge is 0.231 e. The van der Waals surface area contributed by atoms with E-state index in [2.05, 4.69) is 4.90 Å². The van der Waals surface area contributed by atoms with Gasteiger partial charge in [0, 0.05) is 37.5 Å². The van der Waals surface area contributed by atoms with Crippen LogP contribution in [-0.2, 0) is 0 Å². The minimum absolute atomic E-state index is 0.276. The lowest BCUT2D eigenvalue weighted by molar-refractivity contribution is 0.173. The van der Waals surface area contributed by atoms with Crippen molar-refractivity contribution >= 4 is 23.2 Å². The molecule has 19 heavy (non-hydrogen) atoms. The fourth-order valence-electron chi connectivity index (χ4n) is 1.83. The molecule has 2 rings (SSSR count). The summed E-state index contributed by atoms with van der Waals surface area (Å²) in [7, 11) is 0. The second kappa shape index (κ2) is 7.68. The lowest BCUT2D eigenvalue weighted by Crippen LogP contribution is -2.32. The zero-order valence-electron chi connectivity index (χ0n) is 10.6. The maximum atomic E-state index is 5.74. The summed E-state index contributed by atoms with van der Waals surface area (Å²) in [5.41, 5.74) is 0. The van der Waals surface area contributed by atoms with Crippen molar-refractivity contribution in [3.8, 4) is 17.2 Å². The number of alkyl halides is 2. The minimum Gasteiger partial charge on any atom is -0.492 e. The largest absolute Gasteiger partial charge is 0.492 e. The Bertz CT molecular complexity index is 397. The molecule has 0 atom stereocenters. The normalized spacial score (nSPS) is 13.0. The molecule has 0 saturated heterocycles. The third kappa shape index (κ3) is 4.34. The van der Waals surface area contributed by atoms with Crippen LogP contribution in [0.4, 0.5) is 0 Å². The molecule has 0 bridgehead atoms. The summed E-state index contributed by atoms with van der Waals surface area (Å²) in [6.45, 7) is 3.30. The van der Waals surface area contributed by atoms with E-state index in [9.17, 15) is 0 Å². The van der Waals surface area contributed by atoms with Gasteiger partial charge in [-0.05, 0) is 12.1 Å². The number of nitrogens with zero attached hydrogens (tertiary/aromatic N) is 1. The fraction of sp³-hybridized carbons (Fsp3) is 0.538. The lowest BCUT2D eigenvalue weighted by atomic mass is 10.3. The summed E-state index contributed by atoms with van der Waals surface area (Å²) in [5, 5.41) is 0. The molecule has 0 saturated carbocycles. The number of halogens is 2. The van der Waals surface area contributed by atoms with Crippen LogP contribution in [0.1, 0.15) is 0 Å². The third-order valence-electron chi connectivity index (χ3n) is 2.82. The maximum absolute atomic E-state index is 5.74. The Hall–Kier alpha value is -0.840. The van der Waals surface area contributed by atoms with E-state index < -0.39 is 0 Å². The first-order chi connectivity index (χ1) is 9.33. The van der Waals surface area contributed by atoms with E-state index in [4.69, 9.17) is 37.4 Å². The monoisotopic (exact) mass is 305 g/mol. The van der Waals surface area contributed by atoms with Crippen molar-refractivity contribution in [3.05, 3.63) is 18.2 Å². The van der Waals surface area contributed by atoms with E-state index in [0.717, 1.165) is 36.9 Å². The molecule has 1 aliphatic rings. The Balaban J connectivity index is 1.78. The summed E-state index contributed by atoms with van der Waals surface area (Å²) in [6.07, 6.45) is 0. The highest BCUT2D eigenvalue weighted by atomic mass is 35.5. The summed E-state index contributed by atoms with van der Waals surface area (Å²) >= 11 is 11.5. The van der Waals surface area contributed by atoms with Crippen LogP contribution < -0.4 is 14.2 Å². The highest BCUT2D eigenvalue weighted by Gasteiger charge is 2.13. The molecule has 1 heterocycles. The first-order valence-electron chi connectivity index (χ1n) is 6.20. The molecule has 0 N–H and O–H groups in total. The highest BCUT2D eigenvalue weighted by Crippen LogP contribution is 2.34. The van der Waals surface area contributed by atoms with Gasteiger partial charge in [-0.3, -0.25) is 4.90 Å². The summed E-state index contributed by atoms with van der Waals surface area (Å²) in [5.74, 6) is 3.47. The van der Waals surface area contributed by atoms with Crippen LogP contribution in [-0.4, -0.2) is 49.7 Å². The van der Waals surface area contributed by atoms with Crippen LogP contribution in [0, 0.1) is 0 Å². The maximum Gasteiger partial charge on any atom is 0.231 e. The van der Waals surface area contributed by atoms with Crippen molar-refractivity contribution in [2.45, 2.75) is 0 Å². The molecule has 0 amide bonds. The van der Waals surface area contributed by atoms with Crippen LogP contribution in [0.2, 0.25) is 0 Å². The van der Waals surface area contributed by atoms with Gasteiger partial charge in [-0.2, -0.15) is 0 Å². The van der Waals surface area contributed by atoms with Crippen LogP contribution >= 0.6 is 23.2 Å². The van der Waals surface area contributed by atoms with Gasteiger partial charge in [0.1, 0.15) is 12.4 Å². The Morgan fingerprint density at radius 1 is 1.05 bits per heavy atom. The first-order valence-corrected chi connectivity index (χ1v) is 7.27. The van der Waals surface area contributed by atoms with Gasteiger partial charge in [-0.1, -0.05) is 0 Å². The van der Waals surface area contributed by atoms with Crippen LogP contribution in [0.15, 0.2) is 18.2 Å². The van der Waals surface area contributed by atoms with Gasteiger partial charge in [0.15, 0.2) is 11.5 Å². The van der Waals surface area contributed by atoms with Crippen molar-refractivity contribution < 1.29 is 14.2 Å². The zero-order valence-corrected chi connectivity index (χ0v) is 12.1. The van der Waals surface area contributed by atoms with Crippen LogP contribution in [0.5, 0.6) is 17.2 Å². The number of hydrogen-bond acceptors (Lipinski definition) is 4. The molecule has 1 aromatic carbocycles. The van der Waals surface area contributed by atoms with E-state index in [1.807, 2.05) is 18.2 Å². The molecule has 0 radical (unpaired) electrons. The Morgan fingerprint density at radius 3 is 2.53 bits per heavy atom. The van der Waals surface area contributed by atoms with Gasteiger partial charge >= 0.3 is 0 Å². The molecular weight excluding hydrogens is 289 g/mol. The molecule has 0 aromatic heterocycles. The summed E-state index contributed by atoms with van der Waals surface area (Å²) in [4.78, 5) is 2.17. The lowest BCUT2D eigenvalue weighted by Gasteiger charge is -2.19. The van der Waals surface area contributed by atoms with Crippen molar-refractivity contribution in [1.29, 1.82) is 0 Å². The second-order valence-electron chi connectivity index (χ2n) is 4.08. The topological polar surface area (TPSA) is 30.9 Å². The van der Waals surface area contributed by atoms with Gasteiger partial charge < -0.3 is 14.2 Å². The molecule has 6 heteroatoms. The van der Waals surface area contributed by atoms with Crippen molar-refractivity contribution in [1.82, 2.24) is 4.90 Å². The number of ether oxygens (including phenoxy) is 3. The predicted octanol–water partition coefficient (Wildman–Crippen LogP) is 2.57. The van der Waals surface area contributed by atoms with Gasteiger partial charge in [0.2, 0.25) is 6.79 Å². The Labute approximate surface area is 123 Å². The number of rotatable bonds is 8. The van der Waals surface area contributed by atoms with E-state index in [-0.39, 0.29) is 6.79 Å². The van der Waals surface area contributed by atoms with Gasteiger partial charge in [-0.25, -0.2) is 0 Å². The van der Waals surface area contributed by atoms with Gasteiger partial charge in [-0.15, -0.1) is 23.2 Å². The standard InChI is InChI=1S/C13H17Cl2NO3/c14-3-5-16(6-4-15)7-8-17-11-1-2-12-13(9-11)19-10-18-12/h1-2,9H,3-8,10H2. The number of benzene rings is 1. The number of fused-ring (bicyclic) bond motifs is 1. The third-order valence-corrected chi connectivity index (χ3v) is 3.16. The molecule has 106 valence electrons. The minimum atomic E-state index is 0.276. The van der Waals surface area contributed by atoms with Gasteiger partial charge in [0.05, 0.1) is 0 Å². The summed E-state index contributed by atoms with van der Waals surface area (Å²) < 4.78 is 16.2. The molecule has 1 aromatic rings. The Kier molecular flexibility index (Phi) is 5.89. The second-order valence-corrected chi connectivity index (χ2v) is 4.84. The highest BCUT2D eigenvalue weighted by molar-refractivity contribution is 6.18. The van der Waals surface area contributed by atoms with Gasteiger partial charge in [0.25, 0.3) is 0 Å².